The van der Waals surface area contributed by atoms with Crippen LogP contribution in [0.2, 0.25) is 0 Å². The van der Waals surface area contributed by atoms with Gasteiger partial charge in [-0.3, -0.25) is 0 Å². The van der Waals surface area contributed by atoms with Gasteiger partial charge in [0.05, 0.1) is 7.11 Å². The van der Waals surface area contributed by atoms with Gasteiger partial charge in [0.2, 0.25) is 0 Å². The van der Waals surface area contributed by atoms with Crippen LogP contribution in [-0.4, -0.2) is 29.3 Å². The van der Waals surface area contributed by atoms with E-state index in [1.54, 1.807) is 12.1 Å². The smallest absolute Gasteiger partial charge is 0.358 e. The summed E-state index contributed by atoms with van der Waals surface area (Å²) < 4.78 is 4.55. The molecule has 0 radical (unpaired) electrons. The van der Waals surface area contributed by atoms with Gasteiger partial charge >= 0.3 is 5.97 Å². The molecule has 0 amide bonds. The molecule has 0 aromatic carbocycles. The molecule has 1 aromatic heterocycles. The molecule has 94 valence electrons. The Morgan fingerprint density at radius 1 is 1.41 bits per heavy atom. The fourth-order valence-corrected chi connectivity index (χ4v) is 1.55. The van der Waals surface area contributed by atoms with Gasteiger partial charge in [0.15, 0.2) is 5.69 Å². The van der Waals surface area contributed by atoms with Gasteiger partial charge in [-0.1, -0.05) is 20.8 Å². The van der Waals surface area contributed by atoms with Gasteiger partial charge in [-0.15, -0.1) is 10.2 Å². The van der Waals surface area contributed by atoms with E-state index in [2.05, 4.69) is 41.0 Å². The zero-order valence-electron chi connectivity index (χ0n) is 10.7. The quantitative estimate of drug-likeness (QED) is 0.794. The lowest BCUT2D eigenvalue weighted by Gasteiger charge is -2.20. The molecule has 0 saturated heterocycles. The standard InChI is InChI=1S/C12H19N3O2/c1-5-9(8(2)3)13-11-7-6-10(14-15-11)12(16)17-4/h6-9H,5H2,1-4H3,(H,13,15). The summed E-state index contributed by atoms with van der Waals surface area (Å²) in [5, 5.41) is 11.1. The highest BCUT2D eigenvalue weighted by atomic mass is 16.5. The number of rotatable bonds is 5. The summed E-state index contributed by atoms with van der Waals surface area (Å²) in [6.07, 6.45) is 1.01. The zero-order chi connectivity index (χ0) is 12.8. The van der Waals surface area contributed by atoms with E-state index < -0.39 is 5.97 Å². The maximum Gasteiger partial charge on any atom is 0.358 e. The number of anilines is 1. The molecule has 1 atom stereocenters. The van der Waals surface area contributed by atoms with Gasteiger partial charge in [0.25, 0.3) is 0 Å². The highest BCUT2D eigenvalue weighted by molar-refractivity contribution is 5.86. The molecule has 1 heterocycles. The number of carbonyl (C=O) groups excluding carboxylic acids is 1. The largest absolute Gasteiger partial charge is 0.464 e. The third kappa shape index (κ3) is 3.69. The summed E-state index contributed by atoms with van der Waals surface area (Å²) in [5.41, 5.74) is 0.218. The predicted molar refractivity (Wildman–Crippen MR) is 65.9 cm³/mol. The molecule has 0 spiro atoms. The van der Waals surface area contributed by atoms with E-state index in [-0.39, 0.29) is 5.69 Å². The first-order valence-corrected chi connectivity index (χ1v) is 5.77. The van der Waals surface area contributed by atoms with Crippen molar-refractivity contribution in [1.82, 2.24) is 10.2 Å². The SMILES string of the molecule is CCC(Nc1ccc(C(=O)OC)nn1)C(C)C. The number of hydrogen-bond acceptors (Lipinski definition) is 5. The van der Waals surface area contributed by atoms with Gasteiger partial charge in [-0.05, 0) is 24.5 Å². The molecule has 0 aliphatic carbocycles. The number of aromatic nitrogens is 2. The second kappa shape index (κ2) is 6.18. The average Bonchev–Trinajstić information content (AvgIpc) is 2.35. The van der Waals surface area contributed by atoms with E-state index in [4.69, 9.17) is 0 Å². The Labute approximate surface area is 102 Å². The number of nitrogens with one attached hydrogen (secondary N) is 1. The monoisotopic (exact) mass is 237 g/mol. The molecule has 5 nitrogen and oxygen atoms in total. The van der Waals surface area contributed by atoms with Gasteiger partial charge in [-0.25, -0.2) is 4.79 Å². The lowest BCUT2D eigenvalue weighted by Crippen LogP contribution is -2.25. The van der Waals surface area contributed by atoms with Crippen LogP contribution in [0.3, 0.4) is 0 Å². The van der Waals surface area contributed by atoms with Crippen LogP contribution in [0.5, 0.6) is 0 Å². The van der Waals surface area contributed by atoms with Crippen molar-refractivity contribution in [2.24, 2.45) is 5.92 Å². The molecule has 0 aliphatic heterocycles. The Bertz CT molecular complexity index is 363. The second-order valence-electron chi connectivity index (χ2n) is 4.20. The fraction of sp³-hybridized carbons (Fsp3) is 0.583. The predicted octanol–water partition coefficient (Wildman–Crippen LogP) is 2.11. The zero-order valence-corrected chi connectivity index (χ0v) is 10.7. The summed E-state index contributed by atoms with van der Waals surface area (Å²) in [5.74, 6) is 0.722. The van der Waals surface area contributed by atoms with Gasteiger partial charge in [0, 0.05) is 6.04 Å². The van der Waals surface area contributed by atoms with Crippen molar-refractivity contribution in [2.75, 3.05) is 12.4 Å². The number of esters is 1. The molecule has 0 fully saturated rings. The summed E-state index contributed by atoms with van der Waals surface area (Å²) in [6, 6.07) is 3.70. The van der Waals surface area contributed by atoms with Crippen LogP contribution >= 0.6 is 0 Å². The van der Waals surface area contributed by atoms with Crippen molar-refractivity contribution in [3.8, 4) is 0 Å². The Hall–Kier alpha value is -1.65. The third-order valence-electron chi connectivity index (χ3n) is 2.64. The lowest BCUT2D eigenvalue weighted by molar-refractivity contribution is 0.0593. The van der Waals surface area contributed by atoms with Crippen LogP contribution in [0.15, 0.2) is 12.1 Å². The fourth-order valence-electron chi connectivity index (χ4n) is 1.55. The van der Waals surface area contributed by atoms with E-state index >= 15 is 0 Å². The number of carbonyl (C=O) groups is 1. The van der Waals surface area contributed by atoms with Crippen molar-refractivity contribution in [3.63, 3.8) is 0 Å². The maximum atomic E-state index is 11.2. The molecule has 1 N–H and O–H groups in total. The number of methoxy groups -OCH3 is 1. The van der Waals surface area contributed by atoms with Crippen molar-refractivity contribution >= 4 is 11.8 Å². The second-order valence-corrected chi connectivity index (χ2v) is 4.20. The van der Waals surface area contributed by atoms with E-state index in [0.717, 1.165) is 6.42 Å². The number of nitrogens with zero attached hydrogens (tertiary/aromatic N) is 2. The summed E-state index contributed by atoms with van der Waals surface area (Å²) >= 11 is 0. The van der Waals surface area contributed by atoms with Crippen LogP contribution in [-0.2, 0) is 4.74 Å². The van der Waals surface area contributed by atoms with E-state index in [9.17, 15) is 4.79 Å². The Kier molecular flexibility index (Phi) is 4.87. The lowest BCUT2D eigenvalue weighted by atomic mass is 10.0. The minimum absolute atomic E-state index is 0.218. The average molecular weight is 237 g/mol. The molecule has 1 unspecified atom stereocenters. The summed E-state index contributed by atoms with van der Waals surface area (Å²) in [6.45, 7) is 6.42. The molecule has 0 aliphatic rings. The van der Waals surface area contributed by atoms with Crippen LogP contribution in [0.25, 0.3) is 0 Å². The minimum Gasteiger partial charge on any atom is -0.464 e. The van der Waals surface area contributed by atoms with Crippen LogP contribution in [0.4, 0.5) is 5.82 Å². The molecular formula is C12H19N3O2. The van der Waals surface area contributed by atoms with Crippen LogP contribution in [0.1, 0.15) is 37.7 Å². The molecular weight excluding hydrogens is 218 g/mol. The van der Waals surface area contributed by atoms with Crippen molar-refractivity contribution in [2.45, 2.75) is 33.2 Å². The summed E-state index contributed by atoms with van der Waals surface area (Å²) in [7, 11) is 1.32. The van der Waals surface area contributed by atoms with E-state index in [0.29, 0.717) is 17.8 Å². The molecule has 0 saturated carbocycles. The maximum absolute atomic E-state index is 11.2. The van der Waals surface area contributed by atoms with Crippen molar-refractivity contribution in [1.29, 1.82) is 0 Å². The normalized spacial score (nSPS) is 12.3. The minimum atomic E-state index is -0.472. The molecule has 0 bridgehead atoms. The Morgan fingerprint density at radius 3 is 2.53 bits per heavy atom. The molecule has 1 rings (SSSR count). The number of hydrogen-bond donors (Lipinski definition) is 1. The molecule has 17 heavy (non-hydrogen) atoms. The highest BCUT2D eigenvalue weighted by Crippen LogP contribution is 2.12. The van der Waals surface area contributed by atoms with Crippen LogP contribution in [0, 0.1) is 5.92 Å². The molecule has 1 aromatic rings. The van der Waals surface area contributed by atoms with Crippen LogP contribution < -0.4 is 5.32 Å². The first-order chi connectivity index (χ1) is 8.08. The van der Waals surface area contributed by atoms with E-state index in [1.165, 1.54) is 7.11 Å². The van der Waals surface area contributed by atoms with Crippen molar-refractivity contribution in [3.05, 3.63) is 17.8 Å². The third-order valence-corrected chi connectivity index (χ3v) is 2.64. The Morgan fingerprint density at radius 2 is 2.12 bits per heavy atom. The summed E-state index contributed by atoms with van der Waals surface area (Å²) in [4.78, 5) is 11.2. The highest BCUT2D eigenvalue weighted by Gasteiger charge is 2.12. The van der Waals surface area contributed by atoms with Gasteiger partial charge < -0.3 is 10.1 Å². The van der Waals surface area contributed by atoms with Gasteiger partial charge in [0.1, 0.15) is 5.82 Å². The molecule has 5 heteroatoms. The first kappa shape index (κ1) is 13.4. The van der Waals surface area contributed by atoms with Gasteiger partial charge in [-0.2, -0.15) is 0 Å². The Balaban J connectivity index is 2.71. The first-order valence-electron chi connectivity index (χ1n) is 5.77. The van der Waals surface area contributed by atoms with Crippen molar-refractivity contribution < 1.29 is 9.53 Å². The number of ether oxygens (including phenoxy) is 1. The topological polar surface area (TPSA) is 64.1 Å². The van der Waals surface area contributed by atoms with E-state index in [1.807, 2.05) is 0 Å².